The van der Waals surface area contributed by atoms with Crippen molar-refractivity contribution >= 4 is 34.9 Å². The molecule has 11 heteroatoms. The van der Waals surface area contributed by atoms with E-state index in [9.17, 15) is 27.9 Å². The van der Waals surface area contributed by atoms with E-state index in [0.29, 0.717) is 51.7 Å². The number of anilines is 2. The fourth-order valence-electron chi connectivity index (χ4n) is 4.63. The molecule has 0 saturated carbocycles. The Kier molecular flexibility index (Phi) is 8.25. The van der Waals surface area contributed by atoms with E-state index >= 15 is 0 Å². The number of carbonyl (C=O) groups excluding carboxylic acids is 1. The highest BCUT2D eigenvalue weighted by Gasteiger charge is 2.35. The number of halogens is 4. The van der Waals surface area contributed by atoms with Gasteiger partial charge in [0.2, 0.25) is 0 Å². The van der Waals surface area contributed by atoms with Crippen LogP contribution >= 0.6 is 11.6 Å². The van der Waals surface area contributed by atoms with Gasteiger partial charge in [-0.25, -0.2) is 0 Å². The van der Waals surface area contributed by atoms with Crippen LogP contribution in [0, 0.1) is 0 Å². The molecule has 0 bridgehead atoms. The van der Waals surface area contributed by atoms with E-state index in [1.54, 1.807) is 49.4 Å². The minimum absolute atomic E-state index is 0.260. The summed E-state index contributed by atoms with van der Waals surface area (Å²) in [6, 6.07) is 14.5. The highest BCUT2D eigenvalue weighted by atomic mass is 35.5. The molecule has 1 heterocycles. The van der Waals surface area contributed by atoms with Gasteiger partial charge in [0.05, 0.1) is 18.7 Å². The van der Waals surface area contributed by atoms with Crippen LogP contribution in [0.5, 0.6) is 11.5 Å². The lowest BCUT2D eigenvalue weighted by molar-refractivity contribution is -0.274. The molecule has 0 saturated heterocycles. The largest absolute Gasteiger partial charge is 0.573 e. The monoisotopic (exact) mass is 562 g/mol. The van der Waals surface area contributed by atoms with Gasteiger partial charge in [-0.1, -0.05) is 36.7 Å². The second-order valence-corrected chi connectivity index (χ2v) is 9.44. The Bertz CT molecular complexity index is 1360. The molecule has 2 unspecified atom stereocenters. The van der Waals surface area contributed by atoms with Crippen molar-refractivity contribution in [1.29, 1.82) is 0 Å². The molecule has 1 aliphatic rings. The molecule has 3 aromatic rings. The average Bonchev–Trinajstić information content (AvgIpc) is 3.30. The number of methoxy groups -OCH3 is 1. The lowest BCUT2D eigenvalue weighted by Gasteiger charge is -2.27. The van der Waals surface area contributed by atoms with E-state index in [2.05, 4.69) is 10.1 Å². The van der Waals surface area contributed by atoms with Gasteiger partial charge in [-0.2, -0.15) is 0 Å². The van der Waals surface area contributed by atoms with E-state index in [1.165, 1.54) is 30.2 Å². The number of ether oxygens (including phenoxy) is 2. The van der Waals surface area contributed by atoms with Crippen molar-refractivity contribution < 1.29 is 37.3 Å². The minimum Gasteiger partial charge on any atom is -0.497 e. The van der Waals surface area contributed by atoms with Crippen molar-refractivity contribution in [3.8, 4) is 11.5 Å². The number of benzene rings is 3. The van der Waals surface area contributed by atoms with Crippen molar-refractivity contribution in [1.82, 2.24) is 0 Å². The first kappa shape index (κ1) is 28.1. The SMILES string of the molecule is CCC(C(=O)O)c1cc(NC(C(=O)N2CCc3ccc(OC(F)(F)F)cc32)c2ccc(Cl)cc2)cc(OC)c1. The van der Waals surface area contributed by atoms with E-state index < -0.39 is 35.9 Å². The smallest absolute Gasteiger partial charge is 0.497 e. The third kappa shape index (κ3) is 6.57. The number of rotatable bonds is 9. The van der Waals surface area contributed by atoms with Gasteiger partial charge in [0, 0.05) is 29.4 Å². The maximum Gasteiger partial charge on any atom is 0.573 e. The summed E-state index contributed by atoms with van der Waals surface area (Å²) in [5.41, 5.74) is 2.52. The summed E-state index contributed by atoms with van der Waals surface area (Å²) in [4.78, 5) is 27.2. The van der Waals surface area contributed by atoms with E-state index in [1.807, 2.05) is 0 Å². The zero-order valence-corrected chi connectivity index (χ0v) is 21.8. The van der Waals surface area contributed by atoms with Crippen LogP contribution in [-0.4, -0.2) is 37.0 Å². The van der Waals surface area contributed by atoms with Crippen LogP contribution in [0.3, 0.4) is 0 Å². The molecular formula is C28H26ClF3N2O5. The molecule has 1 aliphatic heterocycles. The number of nitrogens with zero attached hydrogens (tertiary/aromatic N) is 1. The molecule has 4 rings (SSSR count). The Hall–Kier alpha value is -3.92. The lowest BCUT2D eigenvalue weighted by Crippen LogP contribution is -2.37. The number of fused-ring (bicyclic) bond motifs is 1. The highest BCUT2D eigenvalue weighted by Crippen LogP contribution is 2.37. The summed E-state index contributed by atoms with van der Waals surface area (Å²) < 4.78 is 47.9. The lowest BCUT2D eigenvalue weighted by atomic mass is 9.95. The molecule has 2 atom stereocenters. The summed E-state index contributed by atoms with van der Waals surface area (Å²) >= 11 is 6.07. The Balaban J connectivity index is 1.73. The Morgan fingerprint density at radius 1 is 1.05 bits per heavy atom. The van der Waals surface area contributed by atoms with Gasteiger partial charge >= 0.3 is 12.3 Å². The number of hydrogen-bond acceptors (Lipinski definition) is 5. The van der Waals surface area contributed by atoms with Gasteiger partial charge < -0.3 is 24.8 Å². The first-order valence-electron chi connectivity index (χ1n) is 12.1. The van der Waals surface area contributed by atoms with Crippen molar-refractivity contribution in [2.75, 3.05) is 23.9 Å². The van der Waals surface area contributed by atoms with Crippen molar-refractivity contribution in [3.05, 3.63) is 82.4 Å². The molecule has 0 aliphatic carbocycles. The first-order chi connectivity index (χ1) is 18.5. The molecule has 206 valence electrons. The predicted molar refractivity (Wildman–Crippen MR) is 141 cm³/mol. The quantitative estimate of drug-likeness (QED) is 0.307. The highest BCUT2D eigenvalue weighted by molar-refractivity contribution is 6.30. The molecule has 0 spiro atoms. The maximum absolute atomic E-state index is 14.0. The minimum atomic E-state index is -4.87. The number of carboxylic acid groups (broad SMARTS) is 1. The number of aliphatic carboxylic acids is 1. The van der Waals surface area contributed by atoms with Gasteiger partial charge in [-0.15, -0.1) is 13.2 Å². The summed E-state index contributed by atoms with van der Waals surface area (Å²) in [6.07, 6.45) is -4.07. The molecular weight excluding hydrogens is 537 g/mol. The van der Waals surface area contributed by atoms with Gasteiger partial charge in [0.15, 0.2) is 0 Å². The summed E-state index contributed by atoms with van der Waals surface area (Å²) in [6.45, 7) is 2.02. The van der Waals surface area contributed by atoms with Gasteiger partial charge in [0.1, 0.15) is 17.5 Å². The Morgan fingerprint density at radius 3 is 2.38 bits per heavy atom. The molecule has 0 fully saturated rings. The zero-order chi connectivity index (χ0) is 28.3. The van der Waals surface area contributed by atoms with Gasteiger partial charge in [0.25, 0.3) is 5.91 Å². The second kappa shape index (κ2) is 11.4. The number of carbonyl (C=O) groups is 2. The number of hydrogen-bond donors (Lipinski definition) is 2. The van der Waals surface area contributed by atoms with Crippen LogP contribution in [0.25, 0.3) is 0 Å². The average molecular weight is 563 g/mol. The van der Waals surface area contributed by atoms with Gasteiger partial charge in [-0.05, 0) is 59.9 Å². The molecule has 0 radical (unpaired) electrons. The molecule has 1 amide bonds. The summed E-state index contributed by atoms with van der Waals surface area (Å²) in [5.74, 6) is -2.23. The fourth-order valence-corrected chi connectivity index (χ4v) is 4.75. The Labute approximate surface area is 228 Å². The number of nitrogens with one attached hydrogen (secondary N) is 1. The van der Waals surface area contributed by atoms with E-state index in [-0.39, 0.29) is 6.54 Å². The van der Waals surface area contributed by atoms with Crippen LogP contribution in [0.1, 0.15) is 42.0 Å². The Morgan fingerprint density at radius 2 is 1.77 bits per heavy atom. The number of amides is 1. The van der Waals surface area contributed by atoms with Crippen molar-refractivity contribution in [2.45, 2.75) is 38.1 Å². The number of carboxylic acids is 1. The molecule has 0 aromatic heterocycles. The van der Waals surface area contributed by atoms with Crippen LogP contribution in [0.4, 0.5) is 24.5 Å². The maximum atomic E-state index is 14.0. The number of alkyl halides is 3. The van der Waals surface area contributed by atoms with Crippen LogP contribution < -0.4 is 19.7 Å². The van der Waals surface area contributed by atoms with Crippen LogP contribution in [-0.2, 0) is 16.0 Å². The third-order valence-corrected chi connectivity index (χ3v) is 6.74. The predicted octanol–water partition coefficient (Wildman–Crippen LogP) is 6.57. The molecule has 3 aromatic carbocycles. The summed E-state index contributed by atoms with van der Waals surface area (Å²) in [5, 5.41) is 13.3. The molecule has 7 nitrogen and oxygen atoms in total. The second-order valence-electron chi connectivity index (χ2n) is 9.00. The molecule has 2 N–H and O–H groups in total. The van der Waals surface area contributed by atoms with Crippen LogP contribution in [0.15, 0.2) is 60.7 Å². The van der Waals surface area contributed by atoms with Crippen molar-refractivity contribution in [3.63, 3.8) is 0 Å². The standard InChI is InChI=1S/C28H26ClF3N2O5/c1-3-23(27(36)37)18-12-20(14-22(13-18)38-2)33-25(17-4-7-19(29)8-5-17)26(35)34-11-10-16-6-9-21(15-24(16)34)39-28(30,31)32/h4-9,12-15,23,25,33H,3,10-11H2,1-2H3,(H,36,37). The zero-order valence-electron chi connectivity index (χ0n) is 21.1. The third-order valence-electron chi connectivity index (χ3n) is 6.49. The summed E-state index contributed by atoms with van der Waals surface area (Å²) in [7, 11) is 1.45. The van der Waals surface area contributed by atoms with Crippen LogP contribution in [0.2, 0.25) is 5.02 Å². The van der Waals surface area contributed by atoms with E-state index in [0.717, 1.165) is 0 Å². The topological polar surface area (TPSA) is 88.1 Å². The normalized spacial score (nSPS) is 14.4. The molecule has 39 heavy (non-hydrogen) atoms. The van der Waals surface area contributed by atoms with E-state index in [4.69, 9.17) is 16.3 Å². The van der Waals surface area contributed by atoms with Gasteiger partial charge in [-0.3, -0.25) is 9.59 Å². The van der Waals surface area contributed by atoms with Crippen molar-refractivity contribution in [2.24, 2.45) is 0 Å². The fraction of sp³-hybridized carbons (Fsp3) is 0.286. The first-order valence-corrected chi connectivity index (χ1v) is 12.5.